The van der Waals surface area contributed by atoms with Crippen molar-refractivity contribution in [3.8, 4) is 23.9 Å². The lowest BCUT2D eigenvalue weighted by Crippen LogP contribution is -2.11. The van der Waals surface area contributed by atoms with Crippen LogP contribution in [0.25, 0.3) is 5.69 Å². The van der Waals surface area contributed by atoms with E-state index < -0.39 is 17.4 Å². The average Bonchev–Trinajstić information content (AvgIpc) is 3.08. The Bertz CT molecular complexity index is 1060. The lowest BCUT2D eigenvalue weighted by atomic mass is 9.95. The van der Waals surface area contributed by atoms with E-state index >= 15 is 0 Å². The van der Waals surface area contributed by atoms with Crippen molar-refractivity contribution in [3.63, 3.8) is 0 Å². The lowest BCUT2D eigenvalue weighted by molar-refractivity contribution is -0.142. The summed E-state index contributed by atoms with van der Waals surface area (Å²) in [4.78, 5) is 0. The van der Waals surface area contributed by atoms with Crippen LogP contribution < -0.4 is 5.32 Å². The lowest BCUT2D eigenvalue weighted by Gasteiger charge is -2.17. The van der Waals surface area contributed by atoms with Crippen molar-refractivity contribution in [1.82, 2.24) is 9.78 Å². The minimum Gasteiger partial charge on any atom is -0.343 e. The Hall–Kier alpha value is -3.77. The predicted octanol–water partition coefficient (Wildman–Crippen LogP) is 4.01. The van der Waals surface area contributed by atoms with Crippen molar-refractivity contribution in [1.29, 1.82) is 15.8 Å². The molecule has 1 N–H and O–H groups in total. The number of nitrogens with one attached hydrogen (secondary N) is 1. The van der Waals surface area contributed by atoms with Crippen molar-refractivity contribution in [2.75, 3.05) is 5.32 Å². The van der Waals surface area contributed by atoms with Crippen LogP contribution in [0.1, 0.15) is 29.8 Å². The van der Waals surface area contributed by atoms with Crippen LogP contribution in [0.3, 0.4) is 0 Å². The van der Waals surface area contributed by atoms with Gasteiger partial charge in [-0.25, -0.2) is 4.68 Å². The SMILES string of the molecule is N#CC(C#N)=C(C#N)Nc1ccccc1-n1nc(C(F)(F)F)c2c1CCCC2. The molecule has 0 fully saturated rings. The van der Waals surface area contributed by atoms with Gasteiger partial charge in [0.1, 0.15) is 23.9 Å². The van der Waals surface area contributed by atoms with Crippen molar-refractivity contribution in [2.45, 2.75) is 31.9 Å². The van der Waals surface area contributed by atoms with Crippen LogP contribution in [0.15, 0.2) is 35.5 Å². The van der Waals surface area contributed by atoms with Crippen molar-refractivity contribution in [3.05, 3.63) is 52.5 Å². The Morgan fingerprint density at radius 1 is 1.04 bits per heavy atom. The molecule has 9 heteroatoms. The van der Waals surface area contributed by atoms with Gasteiger partial charge >= 0.3 is 6.18 Å². The molecule has 1 aliphatic rings. The summed E-state index contributed by atoms with van der Waals surface area (Å²) in [5, 5.41) is 33.7. The first kappa shape index (κ1) is 19.0. The van der Waals surface area contributed by atoms with E-state index in [0.717, 1.165) is 6.42 Å². The van der Waals surface area contributed by atoms with E-state index in [4.69, 9.17) is 10.5 Å². The Kier molecular flexibility index (Phi) is 5.06. The van der Waals surface area contributed by atoms with Gasteiger partial charge in [-0.3, -0.25) is 0 Å². The van der Waals surface area contributed by atoms with E-state index in [1.807, 2.05) is 0 Å². The number of nitrogens with zero attached hydrogens (tertiary/aromatic N) is 5. The minimum absolute atomic E-state index is 0.194. The third-order valence-electron chi connectivity index (χ3n) is 4.43. The number of hydrogen-bond acceptors (Lipinski definition) is 5. The standard InChI is InChI=1S/C19H13F3N6/c20-19(21,22)18-13-5-1-3-7-16(13)28(27-18)17-8-4-2-6-14(17)26-15(11-25)12(9-23)10-24/h2,4,6,8,26H,1,3,5,7H2. The number of allylic oxidation sites excluding steroid dienone is 2. The molecule has 1 aromatic heterocycles. The summed E-state index contributed by atoms with van der Waals surface area (Å²) in [5.41, 5.74) is -0.352. The molecule has 1 aromatic carbocycles. The van der Waals surface area contributed by atoms with Gasteiger partial charge in [0, 0.05) is 11.3 Å². The van der Waals surface area contributed by atoms with E-state index in [-0.39, 0.29) is 16.9 Å². The molecule has 0 aliphatic heterocycles. The highest BCUT2D eigenvalue weighted by atomic mass is 19.4. The summed E-state index contributed by atoms with van der Waals surface area (Å²) in [5.74, 6) is 0. The molecule has 28 heavy (non-hydrogen) atoms. The number of halogens is 3. The number of hydrogen-bond donors (Lipinski definition) is 1. The summed E-state index contributed by atoms with van der Waals surface area (Å²) in [6, 6.07) is 11.3. The van der Waals surface area contributed by atoms with Gasteiger partial charge in [-0.15, -0.1) is 0 Å². The minimum atomic E-state index is -4.57. The zero-order valence-corrected chi connectivity index (χ0v) is 14.5. The van der Waals surface area contributed by atoms with Crippen LogP contribution >= 0.6 is 0 Å². The number of aromatic nitrogens is 2. The molecule has 0 amide bonds. The number of benzene rings is 1. The van der Waals surface area contributed by atoms with Gasteiger partial charge in [0.25, 0.3) is 0 Å². The average molecular weight is 382 g/mol. The molecule has 140 valence electrons. The van der Waals surface area contributed by atoms with Crippen molar-refractivity contribution >= 4 is 5.69 Å². The number of anilines is 1. The van der Waals surface area contributed by atoms with Crippen LogP contribution in [0.2, 0.25) is 0 Å². The topological polar surface area (TPSA) is 101 Å². The van der Waals surface area contributed by atoms with Gasteiger partial charge in [-0.1, -0.05) is 12.1 Å². The first-order valence-electron chi connectivity index (χ1n) is 8.39. The Balaban J connectivity index is 2.17. The first-order valence-corrected chi connectivity index (χ1v) is 8.39. The highest BCUT2D eigenvalue weighted by Crippen LogP contribution is 2.37. The second-order valence-corrected chi connectivity index (χ2v) is 6.12. The molecule has 2 aromatic rings. The fraction of sp³-hybridized carbons (Fsp3) is 0.263. The van der Waals surface area contributed by atoms with Gasteiger partial charge in [-0.05, 0) is 37.8 Å². The molecular formula is C19H13F3N6. The third-order valence-corrected chi connectivity index (χ3v) is 4.43. The van der Waals surface area contributed by atoms with E-state index in [0.29, 0.717) is 30.6 Å². The van der Waals surface area contributed by atoms with E-state index in [2.05, 4.69) is 10.4 Å². The molecule has 0 unspecified atom stereocenters. The first-order chi connectivity index (χ1) is 13.4. The number of nitriles is 3. The smallest absolute Gasteiger partial charge is 0.343 e. The molecule has 3 rings (SSSR count). The van der Waals surface area contributed by atoms with E-state index in [9.17, 15) is 18.4 Å². The molecule has 1 heterocycles. The summed E-state index contributed by atoms with van der Waals surface area (Å²) >= 11 is 0. The van der Waals surface area contributed by atoms with Crippen molar-refractivity contribution in [2.24, 2.45) is 0 Å². The fourth-order valence-electron chi connectivity index (χ4n) is 3.21. The molecule has 6 nitrogen and oxygen atoms in total. The van der Waals surface area contributed by atoms with Gasteiger partial charge in [-0.2, -0.15) is 34.1 Å². The monoisotopic (exact) mass is 382 g/mol. The Morgan fingerprint density at radius 2 is 1.71 bits per heavy atom. The maximum absolute atomic E-state index is 13.5. The molecule has 0 spiro atoms. The molecule has 0 atom stereocenters. The van der Waals surface area contributed by atoms with Gasteiger partial charge in [0.2, 0.25) is 0 Å². The number of fused-ring (bicyclic) bond motifs is 1. The number of para-hydroxylation sites is 2. The molecule has 0 bridgehead atoms. The van der Waals surface area contributed by atoms with Crippen LogP contribution in [-0.2, 0) is 19.0 Å². The van der Waals surface area contributed by atoms with Crippen molar-refractivity contribution < 1.29 is 13.2 Å². The summed E-state index contributed by atoms with van der Waals surface area (Å²) < 4.78 is 41.6. The third kappa shape index (κ3) is 3.41. The van der Waals surface area contributed by atoms with Crippen LogP contribution in [-0.4, -0.2) is 9.78 Å². The van der Waals surface area contributed by atoms with Crippen LogP contribution in [0, 0.1) is 34.0 Å². The quantitative estimate of drug-likeness (QED) is 0.809. The van der Waals surface area contributed by atoms with E-state index in [1.54, 1.807) is 42.5 Å². The number of alkyl halides is 3. The highest BCUT2D eigenvalue weighted by Gasteiger charge is 2.39. The maximum Gasteiger partial charge on any atom is 0.435 e. The summed E-state index contributed by atoms with van der Waals surface area (Å²) in [6.07, 6.45) is -2.40. The van der Waals surface area contributed by atoms with Crippen LogP contribution in [0.5, 0.6) is 0 Å². The maximum atomic E-state index is 13.5. The molecular weight excluding hydrogens is 369 g/mol. The molecule has 0 saturated carbocycles. The fourth-order valence-corrected chi connectivity index (χ4v) is 3.21. The largest absolute Gasteiger partial charge is 0.435 e. The zero-order chi connectivity index (χ0) is 20.3. The van der Waals surface area contributed by atoms with Gasteiger partial charge < -0.3 is 5.32 Å². The Labute approximate surface area is 158 Å². The second kappa shape index (κ2) is 7.46. The second-order valence-electron chi connectivity index (χ2n) is 6.12. The normalized spacial score (nSPS) is 12.9. The van der Waals surface area contributed by atoms with Gasteiger partial charge in [0.05, 0.1) is 11.4 Å². The van der Waals surface area contributed by atoms with Gasteiger partial charge in [0.15, 0.2) is 11.3 Å². The summed E-state index contributed by atoms with van der Waals surface area (Å²) in [7, 11) is 0. The predicted molar refractivity (Wildman–Crippen MR) is 92.7 cm³/mol. The number of rotatable bonds is 3. The molecule has 0 radical (unpaired) electrons. The molecule has 0 saturated heterocycles. The van der Waals surface area contributed by atoms with Crippen LogP contribution in [0.4, 0.5) is 18.9 Å². The highest BCUT2D eigenvalue weighted by molar-refractivity contribution is 5.67. The molecule has 1 aliphatic carbocycles. The zero-order valence-electron chi connectivity index (χ0n) is 14.5. The van der Waals surface area contributed by atoms with E-state index in [1.165, 1.54) is 4.68 Å². The Morgan fingerprint density at radius 3 is 2.36 bits per heavy atom. The summed E-state index contributed by atoms with van der Waals surface area (Å²) in [6.45, 7) is 0.